The van der Waals surface area contributed by atoms with Crippen LogP contribution in [0.15, 0.2) is 12.1 Å². The molecule has 2 N–H and O–H groups in total. The maximum atomic E-state index is 13.5. The van der Waals surface area contributed by atoms with Crippen LogP contribution in [0.25, 0.3) is 0 Å². The Morgan fingerprint density at radius 3 is 2.55 bits per heavy atom. The van der Waals surface area contributed by atoms with Crippen LogP contribution < -0.4 is 10.2 Å². The van der Waals surface area contributed by atoms with E-state index in [2.05, 4.69) is 5.32 Å². The van der Waals surface area contributed by atoms with Gasteiger partial charge in [0.2, 0.25) is 0 Å². The van der Waals surface area contributed by atoms with E-state index in [0.717, 1.165) is 17.0 Å². The van der Waals surface area contributed by atoms with Crippen molar-refractivity contribution in [1.82, 2.24) is 0 Å². The Balaban J connectivity index is 2.05. The fraction of sp³-hybridized carbons (Fsp3) is 0.462. The lowest BCUT2D eigenvalue weighted by atomic mass is 10.2. The first kappa shape index (κ1) is 14.8. The maximum Gasteiger partial charge on any atom is 0.282 e. The van der Waals surface area contributed by atoms with Gasteiger partial charge in [-0.3, -0.25) is 4.79 Å². The third-order valence-corrected chi connectivity index (χ3v) is 3.43. The van der Waals surface area contributed by atoms with E-state index in [9.17, 15) is 18.0 Å². The molecule has 1 amide bonds. The Labute approximate surface area is 114 Å². The summed E-state index contributed by atoms with van der Waals surface area (Å²) in [6, 6.07) is 1.36. The van der Waals surface area contributed by atoms with E-state index in [1.807, 2.05) is 0 Å². The van der Waals surface area contributed by atoms with Gasteiger partial charge in [0.1, 0.15) is 13.1 Å². The summed E-state index contributed by atoms with van der Waals surface area (Å²) in [5.41, 5.74) is -0.353. The van der Waals surface area contributed by atoms with Crippen LogP contribution in [0.4, 0.5) is 18.9 Å². The van der Waals surface area contributed by atoms with Gasteiger partial charge < -0.3 is 15.0 Å². The molecule has 1 aromatic rings. The van der Waals surface area contributed by atoms with E-state index in [1.165, 1.54) is 0 Å². The molecule has 1 aromatic carbocycles. The van der Waals surface area contributed by atoms with E-state index < -0.39 is 29.4 Å². The molecule has 7 heteroatoms. The number of quaternary nitrogens is 1. The lowest BCUT2D eigenvalue weighted by Gasteiger charge is -2.28. The number of benzene rings is 1. The topological polar surface area (TPSA) is 42.8 Å². The quantitative estimate of drug-likeness (QED) is 0.788. The molecule has 1 saturated heterocycles. The standard InChI is InChI=1S/C13H15F3N2O2/c1-8(18-4-6-20-7-5-18)13(19)17-10-3-2-9(14)11(15)12(10)16/h2-3,8H,4-7H2,1H3,(H,17,19)/p+1/t8-/m1/s1. The third kappa shape index (κ3) is 3.10. The minimum absolute atomic E-state index is 0.353. The number of anilines is 1. The molecule has 0 aliphatic carbocycles. The first-order valence-electron chi connectivity index (χ1n) is 6.37. The smallest absolute Gasteiger partial charge is 0.282 e. The highest BCUT2D eigenvalue weighted by Crippen LogP contribution is 2.19. The van der Waals surface area contributed by atoms with Crippen molar-refractivity contribution in [2.45, 2.75) is 13.0 Å². The van der Waals surface area contributed by atoms with Crippen molar-refractivity contribution >= 4 is 11.6 Å². The van der Waals surface area contributed by atoms with Crippen molar-refractivity contribution in [3.63, 3.8) is 0 Å². The summed E-state index contributed by atoms with van der Waals surface area (Å²) >= 11 is 0. The lowest BCUT2D eigenvalue weighted by Crippen LogP contribution is -3.18. The number of nitrogens with one attached hydrogen (secondary N) is 2. The fourth-order valence-electron chi connectivity index (χ4n) is 2.12. The number of ether oxygens (including phenoxy) is 1. The van der Waals surface area contributed by atoms with E-state index in [4.69, 9.17) is 4.74 Å². The van der Waals surface area contributed by atoms with Gasteiger partial charge in [-0.25, -0.2) is 13.2 Å². The number of hydrogen-bond donors (Lipinski definition) is 2. The average Bonchev–Trinajstić information content (AvgIpc) is 2.48. The molecule has 20 heavy (non-hydrogen) atoms. The lowest BCUT2D eigenvalue weighted by molar-refractivity contribution is -0.921. The summed E-state index contributed by atoms with van der Waals surface area (Å²) in [7, 11) is 0. The molecule has 0 spiro atoms. The predicted molar refractivity (Wildman–Crippen MR) is 65.9 cm³/mol. The summed E-state index contributed by atoms with van der Waals surface area (Å²) in [4.78, 5) is 13.0. The summed E-state index contributed by atoms with van der Waals surface area (Å²) < 4.78 is 44.5. The molecule has 0 aromatic heterocycles. The first-order chi connectivity index (χ1) is 9.50. The molecule has 2 rings (SSSR count). The van der Waals surface area contributed by atoms with Gasteiger partial charge in [0.25, 0.3) is 5.91 Å². The molecule has 1 aliphatic rings. The van der Waals surface area contributed by atoms with E-state index >= 15 is 0 Å². The molecule has 0 radical (unpaired) electrons. The molecule has 1 atom stereocenters. The Bertz CT molecular complexity index is 505. The van der Waals surface area contributed by atoms with Gasteiger partial charge >= 0.3 is 0 Å². The molecule has 0 saturated carbocycles. The van der Waals surface area contributed by atoms with E-state index in [1.54, 1.807) is 6.92 Å². The van der Waals surface area contributed by atoms with Crippen LogP contribution in [-0.2, 0) is 9.53 Å². The van der Waals surface area contributed by atoms with Crippen molar-refractivity contribution in [3.05, 3.63) is 29.6 Å². The fourth-order valence-corrected chi connectivity index (χ4v) is 2.12. The summed E-state index contributed by atoms with van der Waals surface area (Å²) in [6.45, 7) is 4.18. The van der Waals surface area contributed by atoms with E-state index in [-0.39, 0.29) is 5.69 Å². The molecule has 1 aliphatic heterocycles. The molecule has 1 heterocycles. The second-order valence-electron chi connectivity index (χ2n) is 4.70. The van der Waals surface area contributed by atoms with E-state index in [0.29, 0.717) is 26.3 Å². The van der Waals surface area contributed by atoms with Crippen molar-refractivity contribution in [1.29, 1.82) is 0 Å². The van der Waals surface area contributed by atoms with Gasteiger partial charge in [-0.15, -0.1) is 0 Å². The number of hydrogen-bond acceptors (Lipinski definition) is 2. The van der Waals surface area contributed by atoms with Crippen LogP contribution in [0.3, 0.4) is 0 Å². The minimum Gasteiger partial charge on any atom is -0.370 e. The normalized spacial score (nSPS) is 17.8. The number of morpholine rings is 1. The number of carbonyl (C=O) groups excluding carboxylic acids is 1. The van der Waals surface area contributed by atoms with Crippen LogP contribution >= 0.6 is 0 Å². The molecular formula is C13H16F3N2O2+. The molecule has 110 valence electrons. The highest BCUT2D eigenvalue weighted by Gasteiger charge is 2.28. The highest BCUT2D eigenvalue weighted by molar-refractivity contribution is 5.93. The van der Waals surface area contributed by atoms with Gasteiger partial charge in [0.15, 0.2) is 23.5 Å². The monoisotopic (exact) mass is 289 g/mol. The number of amides is 1. The Hall–Kier alpha value is -1.60. The molecule has 0 unspecified atom stereocenters. The predicted octanol–water partition coefficient (Wildman–Crippen LogP) is 0.346. The van der Waals surface area contributed by atoms with Crippen LogP contribution in [0, 0.1) is 17.5 Å². The number of halogens is 3. The molecular weight excluding hydrogens is 273 g/mol. The largest absolute Gasteiger partial charge is 0.370 e. The van der Waals surface area contributed by atoms with Gasteiger partial charge in [0.05, 0.1) is 18.9 Å². The summed E-state index contributed by atoms with van der Waals surface area (Å²) in [6.07, 6.45) is 0. The minimum atomic E-state index is -1.59. The van der Waals surface area contributed by atoms with Crippen molar-refractivity contribution in [3.8, 4) is 0 Å². The van der Waals surface area contributed by atoms with Gasteiger partial charge in [-0.2, -0.15) is 0 Å². The van der Waals surface area contributed by atoms with Gasteiger partial charge in [-0.05, 0) is 19.1 Å². The van der Waals surface area contributed by atoms with Gasteiger partial charge in [0, 0.05) is 0 Å². The Morgan fingerprint density at radius 2 is 1.90 bits per heavy atom. The molecule has 4 nitrogen and oxygen atoms in total. The van der Waals surface area contributed by atoms with Crippen molar-refractivity contribution in [2.24, 2.45) is 0 Å². The average molecular weight is 289 g/mol. The van der Waals surface area contributed by atoms with Crippen LogP contribution in [0.2, 0.25) is 0 Å². The third-order valence-electron chi connectivity index (χ3n) is 3.43. The second kappa shape index (κ2) is 6.23. The molecule has 1 fully saturated rings. The zero-order chi connectivity index (χ0) is 14.7. The van der Waals surface area contributed by atoms with Gasteiger partial charge in [-0.1, -0.05) is 0 Å². The van der Waals surface area contributed by atoms with Crippen LogP contribution in [0.5, 0.6) is 0 Å². The number of rotatable bonds is 3. The Kier molecular flexibility index (Phi) is 4.61. The SMILES string of the molecule is C[C@H](C(=O)Nc1ccc(F)c(F)c1F)[NH+]1CCOCC1. The second-order valence-corrected chi connectivity index (χ2v) is 4.70. The highest BCUT2D eigenvalue weighted by atomic mass is 19.2. The van der Waals surface area contributed by atoms with Crippen molar-refractivity contribution in [2.75, 3.05) is 31.6 Å². The van der Waals surface area contributed by atoms with Crippen molar-refractivity contribution < 1.29 is 27.6 Å². The zero-order valence-corrected chi connectivity index (χ0v) is 11.0. The number of carbonyl (C=O) groups is 1. The van der Waals surface area contributed by atoms with Crippen LogP contribution in [-0.4, -0.2) is 38.3 Å². The zero-order valence-electron chi connectivity index (χ0n) is 11.0. The maximum absolute atomic E-state index is 13.5. The first-order valence-corrected chi connectivity index (χ1v) is 6.37. The summed E-state index contributed by atoms with van der Waals surface area (Å²) in [5, 5.41) is 2.29. The summed E-state index contributed by atoms with van der Waals surface area (Å²) in [5.74, 6) is -4.70. The Morgan fingerprint density at radius 1 is 1.25 bits per heavy atom. The van der Waals surface area contributed by atoms with Crippen LogP contribution in [0.1, 0.15) is 6.92 Å². The molecule has 0 bridgehead atoms.